The largest absolute Gasteiger partial charge is 0.481 e. The Morgan fingerprint density at radius 2 is 1.88 bits per heavy atom. The second-order valence-corrected chi connectivity index (χ2v) is 6.75. The molecule has 1 aromatic carbocycles. The van der Waals surface area contributed by atoms with Crippen LogP contribution in [-0.4, -0.2) is 35.0 Å². The fraction of sp³-hybridized carbons (Fsp3) is 0.529. The Kier molecular flexibility index (Phi) is 8.48. The van der Waals surface area contributed by atoms with Crippen LogP contribution in [0.15, 0.2) is 18.2 Å². The third kappa shape index (κ3) is 6.38. The minimum absolute atomic E-state index is 0.129. The summed E-state index contributed by atoms with van der Waals surface area (Å²) in [5.74, 6) is -0.436. The maximum atomic E-state index is 11.4. The van der Waals surface area contributed by atoms with Crippen LogP contribution in [0.4, 0.5) is 4.79 Å². The van der Waals surface area contributed by atoms with Crippen molar-refractivity contribution in [2.45, 2.75) is 44.2 Å². The molecule has 0 aliphatic rings. The monoisotopic (exact) mass is 390 g/mol. The predicted octanol–water partition coefficient (Wildman–Crippen LogP) is 2.89. The first-order chi connectivity index (χ1) is 11.7. The average molecular weight is 391 g/mol. The Bertz CT molecular complexity index is 604. The summed E-state index contributed by atoms with van der Waals surface area (Å²) >= 11 is 11.8. The van der Waals surface area contributed by atoms with E-state index in [2.05, 4.69) is 0 Å². The number of benzene rings is 1. The molecule has 6 nitrogen and oxygen atoms in total. The van der Waals surface area contributed by atoms with Crippen LogP contribution in [0.25, 0.3) is 0 Å². The van der Waals surface area contributed by atoms with Gasteiger partial charge >= 0.3 is 12.1 Å². The van der Waals surface area contributed by atoms with E-state index in [1.807, 2.05) is 25.1 Å². The normalized spacial score (nSPS) is 12.6. The number of aliphatic carboxylic acids is 1. The number of ether oxygens (including phenoxy) is 1. The molecule has 1 rings (SSSR count). The number of hydrogen-bond donors (Lipinski definition) is 3. The van der Waals surface area contributed by atoms with Crippen molar-refractivity contribution in [3.05, 3.63) is 34.9 Å². The molecule has 0 spiro atoms. The molecule has 0 aliphatic carbocycles. The molecule has 0 saturated carbocycles. The van der Waals surface area contributed by atoms with Crippen molar-refractivity contribution in [2.75, 3.05) is 11.8 Å². The number of aryl methyl sites for hydroxylation is 1. The average Bonchev–Trinajstić information content (AvgIpc) is 2.48. The third-order valence-electron chi connectivity index (χ3n) is 4.09. The smallest absolute Gasteiger partial charge is 0.405 e. The molecule has 0 radical (unpaired) electrons. The molecule has 0 bridgehead atoms. The van der Waals surface area contributed by atoms with Crippen LogP contribution in [-0.2, 0) is 21.6 Å². The van der Waals surface area contributed by atoms with Crippen molar-refractivity contribution in [3.63, 3.8) is 0 Å². The van der Waals surface area contributed by atoms with E-state index in [1.165, 1.54) is 0 Å². The SMILES string of the molecule is Cc1ccc(C(CCCl)(CCCl)OC(N)=O)cc1C[C@H](N)CC(=O)O. The first-order valence-electron chi connectivity index (χ1n) is 7.92. The van der Waals surface area contributed by atoms with Gasteiger partial charge in [0.15, 0.2) is 0 Å². The summed E-state index contributed by atoms with van der Waals surface area (Å²) in [6.45, 7) is 1.91. The highest BCUT2D eigenvalue weighted by Crippen LogP contribution is 2.35. The molecule has 0 aromatic heterocycles. The molecule has 25 heavy (non-hydrogen) atoms. The van der Waals surface area contributed by atoms with Gasteiger partial charge in [-0.25, -0.2) is 4.79 Å². The van der Waals surface area contributed by atoms with Gasteiger partial charge in [0.25, 0.3) is 0 Å². The number of amides is 1. The zero-order chi connectivity index (χ0) is 19.0. The molecule has 0 heterocycles. The van der Waals surface area contributed by atoms with Gasteiger partial charge in [0, 0.05) is 30.6 Å². The zero-order valence-corrected chi connectivity index (χ0v) is 15.6. The van der Waals surface area contributed by atoms with E-state index in [-0.39, 0.29) is 18.2 Å². The van der Waals surface area contributed by atoms with Crippen molar-refractivity contribution in [1.29, 1.82) is 0 Å². The van der Waals surface area contributed by atoms with Crippen molar-refractivity contribution in [3.8, 4) is 0 Å². The molecule has 8 heteroatoms. The minimum atomic E-state index is -1.02. The second-order valence-electron chi connectivity index (χ2n) is 6.00. The number of carboxylic acid groups (broad SMARTS) is 1. The number of rotatable bonds is 10. The Balaban J connectivity index is 3.24. The number of carboxylic acids is 1. The van der Waals surface area contributed by atoms with Crippen LogP contribution in [0.5, 0.6) is 0 Å². The van der Waals surface area contributed by atoms with Gasteiger partial charge in [-0.05, 0) is 30.0 Å². The second kappa shape index (κ2) is 9.85. The molecule has 0 saturated heterocycles. The summed E-state index contributed by atoms with van der Waals surface area (Å²) in [6.07, 6.45) is 0.0675. The highest BCUT2D eigenvalue weighted by molar-refractivity contribution is 6.18. The van der Waals surface area contributed by atoms with Gasteiger partial charge in [-0.2, -0.15) is 0 Å². The van der Waals surface area contributed by atoms with Crippen LogP contribution in [0.1, 0.15) is 36.0 Å². The fourth-order valence-corrected chi connectivity index (χ4v) is 3.44. The number of primary amides is 1. The molecular weight excluding hydrogens is 367 g/mol. The van der Waals surface area contributed by atoms with Crippen LogP contribution in [0, 0.1) is 6.92 Å². The van der Waals surface area contributed by atoms with Gasteiger partial charge in [-0.15, -0.1) is 23.2 Å². The lowest BCUT2D eigenvalue weighted by molar-refractivity contribution is -0.137. The molecule has 1 amide bonds. The molecule has 5 N–H and O–H groups in total. The van der Waals surface area contributed by atoms with E-state index in [1.54, 1.807) is 0 Å². The van der Waals surface area contributed by atoms with Crippen LogP contribution < -0.4 is 11.5 Å². The Hall–Kier alpha value is -1.50. The molecule has 0 aliphatic heterocycles. The minimum Gasteiger partial charge on any atom is -0.481 e. The van der Waals surface area contributed by atoms with Gasteiger partial charge < -0.3 is 21.3 Å². The third-order valence-corrected chi connectivity index (χ3v) is 4.46. The first-order valence-corrected chi connectivity index (χ1v) is 8.98. The van der Waals surface area contributed by atoms with Gasteiger partial charge in [0.1, 0.15) is 5.60 Å². The van der Waals surface area contributed by atoms with Crippen molar-refractivity contribution in [1.82, 2.24) is 0 Å². The summed E-state index contributed by atoms with van der Waals surface area (Å²) < 4.78 is 5.41. The summed E-state index contributed by atoms with van der Waals surface area (Å²) in [5.41, 5.74) is 12.7. The summed E-state index contributed by atoms with van der Waals surface area (Å²) in [5, 5.41) is 8.87. The van der Waals surface area contributed by atoms with Crippen molar-refractivity contribution < 1.29 is 19.4 Å². The maximum Gasteiger partial charge on any atom is 0.405 e. The predicted molar refractivity (Wildman–Crippen MR) is 98.1 cm³/mol. The van der Waals surface area contributed by atoms with Gasteiger partial charge in [-0.1, -0.05) is 18.2 Å². The molecule has 140 valence electrons. The van der Waals surface area contributed by atoms with E-state index in [0.29, 0.717) is 19.3 Å². The summed E-state index contributed by atoms with van der Waals surface area (Å²) in [4.78, 5) is 22.2. The number of alkyl halides is 2. The first kappa shape index (κ1) is 21.5. The fourth-order valence-electron chi connectivity index (χ4n) is 2.83. The molecule has 1 aromatic rings. The van der Waals surface area contributed by atoms with Gasteiger partial charge in [-0.3, -0.25) is 4.79 Å². The highest BCUT2D eigenvalue weighted by atomic mass is 35.5. The number of hydrogen-bond acceptors (Lipinski definition) is 4. The Morgan fingerprint density at radius 1 is 1.28 bits per heavy atom. The molecule has 1 atom stereocenters. The number of halogens is 2. The Morgan fingerprint density at radius 3 is 2.36 bits per heavy atom. The van der Waals surface area contributed by atoms with Crippen LogP contribution in [0.3, 0.4) is 0 Å². The molecular formula is C17H24Cl2N2O4. The molecule has 0 fully saturated rings. The summed E-state index contributed by atoms with van der Waals surface area (Å²) in [7, 11) is 0. The van der Waals surface area contributed by atoms with Crippen molar-refractivity contribution >= 4 is 35.3 Å². The quantitative estimate of drug-likeness (QED) is 0.531. The van der Waals surface area contributed by atoms with E-state index in [4.69, 9.17) is 44.5 Å². The van der Waals surface area contributed by atoms with E-state index < -0.39 is 23.7 Å². The van der Waals surface area contributed by atoms with E-state index in [0.717, 1.165) is 16.7 Å². The maximum absolute atomic E-state index is 11.4. The standard InChI is InChI=1S/C17H24Cl2N2O4/c1-11-2-3-13(8-12(11)9-14(20)10-15(22)23)17(4-6-18,5-7-19)25-16(21)24/h2-3,8,14H,4-7,9-10,20H2,1H3,(H2,21,24)(H,22,23)/t14-/m0/s1. The summed E-state index contributed by atoms with van der Waals surface area (Å²) in [6, 6.07) is 5.06. The van der Waals surface area contributed by atoms with E-state index in [9.17, 15) is 9.59 Å². The van der Waals surface area contributed by atoms with Crippen LogP contribution >= 0.6 is 23.2 Å². The number of nitrogens with two attached hydrogens (primary N) is 2. The topological polar surface area (TPSA) is 116 Å². The Labute approximate surface area is 157 Å². The van der Waals surface area contributed by atoms with E-state index >= 15 is 0 Å². The van der Waals surface area contributed by atoms with Gasteiger partial charge in [0.2, 0.25) is 0 Å². The highest BCUT2D eigenvalue weighted by Gasteiger charge is 2.35. The number of carbonyl (C=O) groups is 2. The van der Waals surface area contributed by atoms with Gasteiger partial charge in [0.05, 0.1) is 6.42 Å². The zero-order valence-electron chi connectivity index (χ0n) is 14.1. The molecule has 0 unspecified atom stereocenters. The number of carbonyl (C=O) groups excluding carboxylic acids is 1. The lowest BCUT2D eigenvalue weighted by Gasteiger charge is -2.33. The lowest BCUT2D eigenvalue weighted by Crippen LogP contribution is -2.36. The lowest BCUT2D eigenvalue weighted by atomic mass is 9.85. The van der Waals surface area contributed by atoms with Crippen LogP contribution in [0.2, 0.25) is 0 Å². The van der Waals surface area contributed by atoms with Crippen molar-refractivity contribution in [2.24, 2.45) is 11.5 Å².